The first-order valence-electron chi connectivity index (χ1n) is 7.33. The summed E-state index contributed by atoms with van der Waals surface area (Å²) in [5.74, 6) is 0. The summed E-state index contributed by atoms with van der Waals surface area (Å²) in [6, 6.07) is 0. The summed E-state index contributed by atoms with van der Waals surface area (Å²) < 4.78 is 12.3. The molecular formula is C16H32ClNO2. The van der Waals surface area contributed by atoms with Crippen LogP contribution in [0.25, 0.3) is 0 Å². The van der Waals surface area contributed by atoms with Crippen LogP contribution in [0.1, 0.15) is 27.7 Å². The van der Waals surface area contributed by atoms with Crippen LogP contribution in [0.2, 0.25) is 0 Å². The van der Waals surface area contributed by atoms with Crippen molar-refractivity contribution in [3.8, 4) is 0 Å². The third kappa shape index (κ3) is 8.75. The van der Waals surface area contributed by atoms with Crippen LogP contribution in [0.3, 0.4) is 0 Å². The molecule has 0 saturated carbocycles. The van der Waals surface area contributed by atoms with Crippen LogP contribution in [0.15, 0.2) is 25.3 Å². The van der Waals surface area contributed by atoms with Crippen molar-refractivity contribution in [1.82, 2.24) is 0 Å². The van der Waals surface area contributed by atoms with Gasteiger partial charge in [-0.1, -0.05) is 13.2 Å². The minimum atomic E-state index is 0. The van der Waals surface area contributed by atoms with Gasteiger partial charge in [0.05, 0.1) is 13.1 Å². The van der Waals surface area contributed by atoms with Crippen LogP contribution in [0.5, 0.6) is 0 Å². The molecule has 0 aromatic carbocycles. The van der Waals surface area contributed by atoms with E-state index in [1.54, 1.807) is 0 Å². The first kappa shape index (κ1) is 21.9. The summed E-state index contributed by atoms with van der Waals surface area (Å²) >= 11 is 0. The fourth-order valence-corrected chi connectivity index (χ4v) is 2.76. The third-order valence-corrected chi connectivity index (χ3v) is 3.22. The molecule has 0 aromatic heterocycles. The molecule has 4 heteroatoms. The molecule has 0 saturated heterocycles. The van der Waals surface area contributed by atoms with Gasteiger partial charge in [-0.15, -0.1) is 0 Å². The average Bonchev–Trinajstić information content (AvgIpc) is 2.29. The number of nitrogens with zero attached hydrogens (tertiary/aromatic N) is 1. The van der Waals surface area contributed by atoms with Gasteiger partial charge in [0.1, 0.15) is 25.3 Å². The minimum absolute atomic E-state index is 0. The molecule has 0 radical (unpaired) electrons. The number of ether oxygens (including phenoxy) is 2. The molecule has 20 heavy (non-hydrogen) atoms. The van der Waals surface area contributed by atoms with Gasteiger partial charge in [-0.05, 0) is 39.8 Å². The second-order valence-electron chi connectivity index (χ2n) is 5.18. The maximum Gasteiger partial charge on any atom is 0.106 e. The standard InChI is InChI=1S/C16H32NO2.ClH/c1-7-11-17(12-8-2,13-15(5)18-9-3)14-16(6)19-10-4;/h7-8,15-16H,1-2,9-14H2,3-6H3;1H/q+1;/p-1. The van der Waals surface area contributed by atoms with Crippen molar-refractivity contribution >= 4 is 0 Å². The molecule has 3 nitrogen and oxygen atoms in total. The molecule has 0 aliphatic rings. The Kier molecular flexibility index (Phi) is 13.6. The van der Waals surface area contributed by atoms with Gasteiger partial charge in [-0.3, -0.25) is 0 Å². The summed E-state index contributed by atoms with van der Waals surface area (Å²) in [6.45, 7) is 21.4. The highest BCUT2D eigenvalue weighted by molar-refractivity contribution is 4.74. The van der Waals surface area contributed by atoms with Gasteiger partial charge in [-0.25, -0.2) is 0 Å². The lowest BCUT2D eigenvalue weighted by Gasteiger charge is -2.40. The Bertz CT molecular complexity index is 233. The molecule has 2 atom stereocenters. The van der Waals surface area contributed by atoms with E-state index >= 15 is 0 Å². The van der Waals surface area contributed by atoms with Gasteiger partial charge >= 0.3 is 0 Å². The van der Waals surface area contributed by atoms with E-state index in [0.29, 0.717) is 0 Å². The Hall–Kier alpha value is -0.350. The van der Waals surface area contributed by atoms with Crippen LogP contribution in [0.4, 0.5) is 0 Å². The molecule has 120 valence electrons. The molecule has 0 spiro atoms. The lowest BCUT2D eigenvalue weighted by atomic mass is 10.2. The van der Waals surface area contributed by atoms with Crippen molar-refractivity contribution in [3.05, 3.63) is 25.3 Å². The molecule has 0 heterocycles. The predicted octanol–water partition coefficient (Wildman–Crippen LogP) is 0.0292. The fraction of sp³-hybridized carbons (Fsp3) is 0.750. The van der Waals surface area contributed by atoms with E-state index in [1.807, 2.05) is 26.0 Å². The van der Waals surface area contributed by atoms with Crippen LogP contribution in [0, 0.1) is 0 Å². The van der Waals surface area contributed by atoms with Crippen molar-refractivity contribution in [1.29, 1.82) is 0 Å². The molecule has 0 aromatic rings. The topological polar surface area (TPSA) is 18.5 Å². The van der Waals surface area contributed by atoms with Crippen LogP contribution in [-0.4, -0.2) is 56.1 Å². The second kappa shape index (κ2) is 12.4. The van der Waals surface area contributed by atoms with Crippen molar-refractivity contribution in [3.63, 3.8) is 0 Å². The third-order valence-electron chi connectivity index (χ3n) is 3.22. The maximum atomic E-state index is 5.71. The Morgan fingerprint density at radius 2 is 1.25 bits per heavy atom. The largest absolute Gasteiger partial charge is 1.00 e. The smallest absolute Gasteiger partial charge is 0.106 e. The van der Waals surface area contributed by atoms with E-state index in [4.69, 9.17) is 9.47 Å². The Morgan fingerprint density at radius 1 is 0.900 bits per heavy atom. The molecular weight excluding hydrogens is 274 g/mol. The van der Waals surface area contributed by atoms with Gasteiger partial charge < -0.3 is 26.4 Å². The Balaban J connectivity index is 0. The van der Waals surface area contributed by atoms with Crippen molar-refractivity contribution in [2.45, 2.75) is 39.9 Å². The number of hydrogen-bond acceptors (Lipinski definition) is 2. The maximum absolute atomic E-state index is 5.71. The average molecular weight is 306 g/mol. The van der Waals surface area contributed by atoms with Crippen molar-refractivity contribution in [2.24, 2.45) is 0 Å². The number of halogens is 1. The van der Waals surface area contributed by atoms with E-state index < -0.39 is 0 Å². The summed E-state index contributed by atoms with van der Waals surface area (Å²) in [4.78, 5) is 0. The molecule has 0 aliphatic carbocycles. The summed E-state index contributed by atoms with van der Waals surface area (Å²) in [6.07, 6.45) is 4.44. The van der Waals surface area contributed by atoms with Gasteiger partial charge in [0.25, 0.3) is 0 Å². The first-order valence-corrected chi connectivity index (χ1v) is 7.33. The van der Waals surface area contributed by atoms with Crippen LogP contribution < -0.4 is 12.4 Å². The Labute approximate surface area is 131 Å². The van der Waals surface area contributed by atoms with Crippen LogP contribution in [-0.2, 0) is 9.47 Å². The van der Waals surface area contributed by atoms with Crippen molar-refractivity contribution < 1.29 is 26.4 Å². The number of hydrogen-bond donors (Lipinski definition) is 0. The fourth-order valence-electron chi connectivity index (χ4n) is 2.76. The molecule has 0 N–H and O–H groups in total. The predicted molar refractivity (Wildman–Crippen MR) is 82.3 cm³/mol. The highest BCUT2D eigenvalue weighted by atomic mass is 35.5. The molecule has 0 bridgehead atoms. The van der Waals surface area contributed by atoms with E-state index in [9.17, 15) is 0 Å². The molecule has 0 aliphatic heterocycles. The molecule has 0 fully saturated rings. The highest BCUT2D eigenvalue weighted by Crippen LogP contribution is 2.14. The minimum Gasteiger partial charge on any atom is -1.00 e. The zero-order valence-corrected chi connectivity index (χ0v) is 14.4. The van der Waals surface area contributed by atoms with E-state index in [1.165, 1.54) is 0 Å². The van der Waals surface area contributed by atoms with Gasteiger partial charge in [0, 0.05) is 13.2 Å². The lowest BCUT2D eigenvalue weighted by molar-refractivity contribution is -0.922. The van der Waals surface area contributed by atoms with E-state index in [-0.39, 0.29) is 24.6 Å². The summed E-state index contributed by atoms with van der Waals surface area (Å²) in [5, 5.41) is 0. The summed E-state index contributed by atoms with van der Waals surface area (Å²) in [7, 11) is 0. The highest BCUT2D eigenvalue weighted by Gasteiger charge is 2.29. The zero-order chi connectivity index (χ0) is 14.7. The number of quaternary nitrogens is 1. The lowest BCUT2D eigenvalue weighted by Crippen LogP contribution is -3.00. The Morgan fingerprint density at radius 3 is 1.50 bits per heavy atom. The van der Waals surface area contributed by atoms with Crippen LogP contribution >= 0.6 is 0 Å². The zero-order valence-electron chi connectivity index (χ0n) is 13.6. The van der Waals surface area contributed by atoms with E-state index in [2.05, 4.69) is 27.0 Å². The second-order valence-corrected chi connectivity index (χ2v) is 5.18. The summed E-state index contributed by atoms with van der Waals surface area (Å²) in [5.41, 5.74) is 0. The molecule has 0 rings (SSSR count). The van der Waals surface area contributed by atoms with Gasteiger partial charge in [0.15, 0.2) is 0 Å². The van der Waals surface area contributed by atoms with Gasteiger partial charge in [-0.2, -0.15) is 0 Å². The van der Waals surface area contributed by atoms with Gasteiger partial charge in [0.2, 0.25) is 0 Å². The van der Waals surface area contributed by atoms with Crippen molar-refractivity contribution in [2.75, 3.05) is 39.4 Å². The quantitative estimate of drug-likeness (QED) is 0.374. The molecule has 0 amide bonds. The monoisotopic (exact) mass is 305 g/mol. The first-order chi connectivity index (χ1) is 9.03. The normalized spacial score (nSPS) is 14.2. The number of rotatable bonds is 12. The van der Waals surface area contributed by atoms with E-state index in [0.717, 1.165) is 43.9 Å². The SMILES string of the molecule is C=CC[N+](CC=C)(CC(C)OCC)CC(C)OCC.[Cl-]. The molecule has 2 unspecified atom stereocenters.